The summed E-state index contributed by atoms with van der Waals surface area (Å²) in [7, 11) is 1.79. The summed E-state index contributed by atoms with van der Waals surface area (Å²) in [6.45, 7) is 36.5. The van der Waals surface area contributed by atoms with Gasteiger partial charge in [-0.1, -0.05) is 151 Å². The molecule has 5 heteroatoms. The smallest absolute Gasteiger partial charge is 1.00 e. The monoisotopic (exact) mass is 922 g/mol. The van der Waals surface area contributed by atoms with Crippen molar-refractivity contribution < 1.29 is 52.9 Å². The molecule has 4 aromatic carbocycles. The van der Waals surface area contributed by atoms with Gasteiger partial charge < -0.3 is 29.6 Å². The maximum Gasteiger partial charge on any atom is -1.00 e. The van der Waals surface area contributed by atoms with E-state index in [4.69, 9.17) is 4.74 Å². The number of aryl methyl sites for hydroxylation is 1. The number of fused-ring (bicyclic) bond motifs is 2. The van der Waals surface area contributed by atoms with E-state index in [9.17, 15) is 0 Å². The maximum absolute atomic E-state index is 5.97. The molecule has 3 aliphatic rings. The average Bonchev–Trinajstić information content (AvgIpc) is 3.81. The quantitative estimate of drug-likeness (QED) is 0.147. The molecule has 0 aromatic heterocycles. The van der Waals surface area contributed by atoms with E-state index in [0.717, 1.165) is 5.75 Å². The SMILES string of the molecule is CC1=[C-]C2=CC3=C(CCC3)C(c3cc(C(C)(C)C)cc(C(C)(C)C)c3)C2=C1.COc1c(C(C)(C)C)cc2[cH-]c(C)cc2c1-c1ccc(C(C)(C)C)cc1.C[Si](C)=[Zr+2].[Cl-].[Cl-]. The maximum atomic E-state index is 5.97. The number of ether oxygens (including phenoxy) is 1. The summed E-state index contributed by atoms with van der Waals surface area (Å²) in [5.74, 6) is 1.41. The number of halogens is 2. The van der Waals surface area contributed by atoms with Crippen LogP contribution in [0.25, 0.3) is 21.9 Å². The number of benzene rings is 3. The Morgan fingerprint density at radius 3 is 1.75 bits per heavy atom. The molecule has 0 fully saturated rings. The molecule has 1 atom stereocenters. The molecule has 0 bridgehead atoms. The van der Waals surface area contributed by atoms with Gasteiger partial charge in [-0.3, -0.25) is 0 Å². The van der Waals surface area contributed by atoms with Gasteiger partial charge in [0.05, 0.1) is 7.11 Å². The number of hydrogen-bond acceptors (Lipinski definition) is 1. The first kappa shape index (κ1) is 51.1. The van der Waals surface area contributed by atoms with Crippen molar-refractivity contribution in [3.05, 3.63) is 140 Å². The molecular weight excluding hydrogens is 855 g/mol. The molecule has 0 amide bonds. The Labute approximate surface area is 387 Å². The van der Waals surface area contributed by atoms with Crippen LogP contribution in [0.3, 0.4) is 0 Å². The van der Waals surface area contributed by atoms with Crippen molar-refractivity contribution in [2.75, 3.05) is 7.11 Å². The van der Waals surface area contributed by atoms with Crippen LogP contribution >= 0.6 is 0 Å². The molecule has 0 aliphatic heterocycles. The van der Waals surface area contributed by atoms with Crippen LogP contribution in [0.2, 0.25) is 13.1 Å². The first-order valence-electron chi connectivity index (χ1n) is 21.1. The van der Waals surface area contributed by atoms with Gasteiger partial charge >= 0.3 is 41.9 Å². The van der Waals surface area contributed by atoms with Gasteiger partial charge in [0.1, 0.15) is 5.75 Å². The first-order valence-corrected chi connectivity index (χ1v) is 27.3. The second kappa shape index (κ2) is 19.4. The minimum atomic E-state index is 0. The summed E-state index contributed by atoms with van der Waals surface area (Å²) in [6, 6.07) is 23.2. The van der Waals surface area contributed by atoms with Crippen LogP contribution in [0, 0.1) is 13.0 Å². The Kier molecular flexibility index (Phi) is 16.8. The zero-order valence-corrected chi connectivity index (χ0v) is 44.3. The van der Waals surface area contributed by atoms with Gasteiger partial charge in [-0.15, -0.1) is 46.2 Å². The van der Waals surface area contributed by atoms with Crippen LogP contribution < -0.4 is 29.6 Å². The molecule has 1 unspecified atom stereocenters. The predicted molar refractivity (Wildman–Crippen MR) is 247 cm³/mol. The number of rotatable bonds is 3. The second-order valence-corrected chi connectivity index (χ2v) is 30.5. The summed E-state index contributed by atoms with van der Waals surface area (Å²) in [5, 5.41) is 2.57. The van der Waals surface area contributed by atoms with Crippen LogP contribution in [0.15, 0.2) is 101 Å². The summed E-state index contributed by atoms with van der Waals surface area (Å²) in [4.78, 5) is 0. The Morgan fingerprint density at radius 2 is 1.25 bits per heavy atom. The van der Waals surface area contributed by atoms with Crippen LogP contribution in [-0.2, 0) is 45.0 Å². The molecule has 4 aromatic rings. The normalized spacial score (nSPS) is 16.3. The topological polar surface area (TPSA) is 9.23 Å². The van der Waals surface area contributed by atoms with Crippen molar-refractivity contribution in [2.45, 2.75) is 157 Å². The summed E-state index contributed by atoms with van der Waals surface area (Å²) < 4.78 is 5.97. The standard InChI is InChI=1S/C27H33.C25H31O.C2H6Si.2ClH.Zr/c1-17-11-19-13-18-9-8-10-23(18)25(24(19)12-17)20-14-21(26(2,3)4)16-22(15-20)27(5,6)7;1-16-13-18-15-21(25(5,6)7)23(26-8)22(20(18)14-16)17-9-11-19(12-10-17)24(2,3)4;1-3-2;;;/h12-16,25H,8-10H2,1-7H3;9-15H,1-8H3;1-2H3;2*1H;/q2*-1;;;;+2/p-2. The average molecular weight is 925 g/mol. The molecule has 0 saturated heterocycles. The molecule has 59 heavy (non-hydrogen) atoms. The molecule has 0 N–H and O–H groups in total. The largest absolute Gasteiger partial charge is 1.00 e. The van der Waals surface area contributed by atoms with E-state index in [2.05, 4.69) is 189 Å². The van der Waals surface area contributed by atoms with Crippen LogP contribution in [-0.4, -0.2) is 12.5 Å². The van der Waals surface area contributed by atoms with Gasteiger partial charge in [0.25, 0.3) is 0 Å². The molecule has 3 aliphatic carbocycles. The van der Waals surface area contributed by atoms with Gasteiger partial charge in [-0.25, -0.2) is 0 Å². The molecule has 0 radical (unpaired) electrons. The van der Waals surface area contributed by atoms with E-state index in [1.807, 2.05) is 0 Å². The van der Waals surface area contributed by atoms with Gasteiger partial charge in [0, 0.05) is 0 Å². The zero-order chi connectivity index (χ0) is 42.4. The molecular formula is C54H70Cl2OSiZr-2. The third-order valence-electron chi connectivity index (χ3n) is 11.5. The second-order valence-electron chi connectivity index (χ2n) is 21.1. The Bertz CT molecular complexity index is 2250. The summed E-state index contributed by atoms with van der Waals surface area (Å²) in [6.07, 6.45) is 12.2. The summed E-state index contributed by atoms with van der Waals surface area (Å²) in [5.41, 5.74) is 18.7. The fraction of sp³-hybridized carbons (Fsp3) is 0.463. The van der Waals surface area contributed by atoms with Gasteiger partial charge in [0.15, 0.2) is 0 Å². The van der Waals surface area contributed by atoms with E-state index in [-0.39, 0.29) is 51.9 Å². The Hall–Kier alpha value is -2.29. The van der Waals surface area contributed by atoms with Gasteiger partial charge in [-0.05, 0) is 85.8 Å². The zero-order valence-electron chi connectivity index (χ0n) is 39.3. The van der Waals surface area contributed by atoms with Crippen molar-refractivity contribution >= 4 is 16.2 Å². The predicted octanol–water partition coefficient (Wildman–Crippen LogP) is 9.41. The van der Waals surface area contributed by atoms with Crippen LogP contribution in [0.1, 0.15) is 149 Å². The minimum absolute atomic E-state index is 0. The molecule has 0 heterocycles. The Morgan fingerprint density at radius 1 is 0.712 bits per heavy atom. The fourth-order valence-electron chi connectivity index (χ4n) is 8.38. The van der Waals surface area contributed by atoms with Crippen LogP contribution in [0.5, 0.6) is 5.75 Å². The van der Waals surface area contributed by atoms with E-state index in [1.165, 1.54) is 91.3 Å². The summed E-state index contributed by atoms with van der Waals surface area (Å²) >= 11 is 1.74. The van der Waals surface area contributed by atoms with E-state index in [0.29, 0.717) is 5.92 Å². The fourth-order valence-corrected chi connectivity index (χ4v) is 8.38. The van der Waals surface area contributed by atoms with Crippen molar-refractivity contribution in [1.82, 2.24) is 0 Å². The van der Waals surface area contributed by atoms with Crippen molar-refractivity contribution in [3.8, 4) is 16.9 Å². The van der Waals surface area contributed by atoms with Gasteiger partial charge in [0.2, 0.25) is 0 Å². The molecule has 0 saturated carbocycles. The molecule has 0 spiro atoms. The molecule has 316 valence electrons. The third-order valence-corrected chi connectivity index (χ3v) is 11.5. The van der Waals surface area contributed by atoms with Gasteiger partial charge in [-0.2, -0.15) is 23.3 Å². The first-order chi connectivity index (χ1) is 26.3. The molecule has 1 nitrogen and oxygen atoms in total. The number of allylic oxidation sites excluding steroid dienone is 8. The van der Waals surface area contributed by atoms with E-state index in [1.54, 1.807) is 41.6 Å². The molecule has 7 rings (SSSR count). The van der Waals surface area contributed by atoms with Crippen LogP contribution in [0.4, 0.5) is 0 Å². The van der Waals surface area contributed by atoms with E-state index >= 15 is 0 Å². The van der Waals surface area contributed by atoms with Crippen molar-refractivity contribution in [2.24, 2.45) is 0 Å². The Balaban J connectivity index is 0.000000281. The third kappa shape index (κ3) is 12.0. The van der Waals surface area contributed by atoms with E-state index < -0.39 is 0 Å². The van der Waals surface area contributed by atoms with Crippen molar-refractivity contribution in [1.29, 1.82) is 0 Å². The number of hydrogen-bond donors (Lipinski definition) is 0. The van der Waals surface area contributed by atoms with Crippen molar-refractivity contribution in [3.63, 3.8) is 0 Å². The number of methoxy groups -OCH3 is 1. The minimum Gasteiger partial charge on any atom is -1.00 e.